The van der Waals surface area contributed by atoms with Crippen molar-refractivity contribution in [1.82, 2.24) is 5.43 Å². The van der Waals surface area contributed by atoms with Gasteiger partial charge in [-0.3, -0.25) is 4.79 Å². The van der Waals surface area contributed by atoms with Gasteiger partial charge in [-0.25, -0.2) is 5.43 Å². The molecule has 3 nitrogen and oxygen atoms in total. The molecule has 0 spiro atoms. The first-order valence-electron chi connectivity index (χ1n) is 6.87. The number of nitrogens with one attached hydrogen (secondary N) is 1. The number of carbonyl (C=O) groups excluding carboxylic acids is 1. The van der Waals surface area contributed by atoms with Gasteiger partial charge in [0.05, 0.1) is 6.21 Å². The minimum absolute atomic E-state index is 0.0194. The summed E-state index contributed by atoms with van der Waals surface area (Å²) in [6, 6.07) is 17.4. The summed E-state index contributed by atoms with van der Waals surface area (Å²) in [5.74, 6) is 0.348. The molecular weight excluding hydrogens is 284 g/mol. The van der Waals surface area contributed by atoms with Crippen molar-refractivity contribution < 1.29 is 4.79 Å². The molecule has 21 heavy (non-hydrogen) atoms. The molecular formula is C17H15ClN2O. The van der Waals surface area contributed by atoms with Crippen LogP contribution >= 0.6 is 11.6 Å². The first kappa shape index (κ1) is 13.8. The predicted molar refractivity (Wildman–Crippen MR) is 84.5 cm³/mol. The van der Waals surface area contributed by atoms with Crippen LogP contribution in [0.15, 0.2) is 59.7 Å². The average molecular weight is 299 g/mol. The number of hydrazone groups is 1. The van der Waals surface area contributed by atoms with Gasteiger partial charge in [0.2, 0.25) is 5.91 Å². The van der Waals surface area contributed by atoms with Crippen LogP contribution in [0.5, 0.6) is 0 Å². The Morgan fingerprint density at radius 2 is 1.86 bits per heavy atom. The van der Waals surface area contributed by atoms with Gasteiger partial charge in [0, 0.05) is 10.9 Å². The maximum Gasteiger partial charge on any atom is 0.243 e. The topological polar surface area (TPSA) is 41.5 Å². The molecule has 0 heterocycles. The van der Waals surface area contributed by atoms with Crippen molar-refractivity contribution in [2.45, 2.75) is 12.3 Å². The third-order valence-corrected chi connectivity index (χ3v) is 3.87. The number of benzene rings is 2. The number of rotatable bonds is 4. The Morgan fingerprint density at radius 3 is 2.57 bits per heavy atom. The Morgan fingerprint density at radius 1 is 1.14 bits per heavy atom. The largest absolute Gasteiger partial charge is 0.273 e. The van der Waals surface area contributed by atoms with Gasteiger partial charge in [0.1, 0.15) is 0 Å². The Hall–Kier alpha value is -2.13. The number of carbonyl (C=O) groups is 1. The van der Waals surface area contributed by atoms with Gasteiger partial charge >= 0.3 is 0 Å². The molecule has 0 aliphatic heterocycles. The van der Waals surface area contributed by atoms with Crippen molar-refractivity contribution in [3.63, 3.8) is 0 Å². The van der Waals surface area contributed by atoms with E-state index in [1.54, 1.807) is 18.3 Å². The minimum atomic E-state index is -0.0194. The van der Waals surface area contributed by atoms with Crippen LogP contribution in [0.4, 0.5) is 0 Å². The van der Waals surface area contributed by atoms with Crippen LogP contribution in [0.1, 0.15) is 23.5 Å². The monoisotopic (exact) mass is 298 g/mol. The molecule has 1 aliphatic carbocycles. The summed E-state index contributed by atoms with van der Waals surface area (Å²) in [5.41, 5.74) is 4.72. The maximum absolute atomic E-state index is 12.0. The number of hydrogen-bond acceptors (Lipinski definition) is 2. The van der Waals surface area contributed by atoms with Crippen LogP contribution in [0.25, 0.3) is 0 Å². The van der Waals surface area contributed by atoms with E-state index in [9.17, 15) is 4.79 Å². The van der Waals surface area contributed by atoms with Crippen LogP contribution < -0.4 is 5.43 Å². The Labute approximate surface area is 128 Å². The fourth-order valence-electron chi connectivity index (χ4n) is 2.36. The van der Waals surface area contributed by atoms with Gasteiger partial charge in [-0.15, -0.1) is 0 Å². The standard InChI is InChI=1S/C17H15ClN2O/c18-14-8-6-12(7-9-14)11-19-20-17(21)16-10-15(16)13-4-2-1-3-5-13/h1-9,11,15-16H,10H2,(H,20,21)/b19-11-/t15-,16-/m0/s1. The van der Waals surface area contributed by atoms with Crippen molar-refractivity contribution in [1.29, 1.82) is 0 Å². The molecule has 1 amide bonds. The molecule has 1 fully saturated rings. The molecule has 2 aromatic carbocycles. The van der Waals surface area contributed by atoms with E-state index < -0.39 is 0 Å². The fraction of sp³-hybridized carbons (Fsp3) is 0.176. The van der Waals surface area contributed by atoms with Crippen LogP contribution in [0.3, 0.4) is 0 Å². The van der Waals surface area contributed by atoms with Crippen molar-refractivity contribution >= 4 is 23.7 Å². The van der Waals surface area contributed by atoms with E-state index in [-0.39, 0.29) is 11.8 Å². The third kappa shape index (κ3) is 3.50. The summed E-state index contributed by atoms with van der Waals surface area (Å²) in [6.07, 6.45) is 2.51. The highest BCUT2D eigenvalue weighted by Gasteiger charge is 2.43. The second-order valence-corrected chi connectivity index (χ2v) is 5.58. The minimum Gasteiger partial charge on any atom is -0.273 e. The first-order valence-corrected chi connectivity index (χ1v) is 7.25. The zero-order chi connectivity index (χ0) is 14.7. The summed E-state index contributed by atoms with van der Waals surface area (Å²) in [4.78, 5) is 12.0. The van der Waals surface area contributed by atoms with Gasteiger partial charge in [-0.2, -0.15) is 5.10 Å². The highest BCUT2D eigenvalue weighted by atomic mass is 35.5. The summed E-state index contributed by atoms with van der Waals surface area (Å²) in [5, 5.41) is 4.67. The molecule has 0 saturated heterocycles. The molecule has 0 aromatic heterocycles. The zero-order valence-electron chi connectivity index (χ0n) is 11.4. The van der Waals surface area contributed by atoms with Gasteiger partial charge in [-0.05, 0) is 35.6 Å². The van der Waals surface area contributed by atoms with Gasteiger partial charge in [-0.1, -0.05) is 54.1 Å². The molecule has 0 bridgehead atoms. The molecule has 1 N–H and O–H groups in total. The van der Waals surface area contributed by atoms with Crippen LogP contribution in [-0.2, 0) is 4.79 Å². The number of amides is 1. The molecule has 0 radical (unpaired) electrons. The van der Waals surface area contributed by atoms with E-state index in [1.807, 2.05) is 30.3 Å². The second kappa shape index (κ2) is 6.10. The number of nitrogens with zero attached hydrogens (tertiary/aromatic N) is 1. The SMILES string of the molecule is O=C(N/N=C\c1ccc(Cl)cc1)[C@H]1C[C@H]1c1ccccc1. The van der Waals surface area contributed by atoms with Gasteiger partial charge in [0.15, 0.2) is 0 Å². The van der Waals surface area contributed by atoms with E-state index in [2.05, 4.69) is 22.7 Å². The van der Waals surface area contributed by atoms with E-state index in [0.29, 0.717) is 10.9 Å². The zero-order valence-corrected chi connectivity index (χ0v) is 12.1. The number of halogens is 1. The first-order chi connectivity index (χ1) is 10.2. The molecule has 0 unspecified atom stereocenters. The van der Waals surface area contributed by atoms with Crippen LogP contribution in [0.2, 0.25) is 5.02 Å². The van der Waals surface area contributed by atoms with Gasteiger partial charge < -0.3 is 0 Å². The van der Waals surface area contributed by atoms with E-state index >= 15 is 0 Å². The normalized spacial score (nSPS) is 20.4. The fourth-order valence-corrected chi connectivity index (χ4v) is 2.48. The van der Waals surface area contributed by atoms with E-state index in [0.717, 1.165) is 12.0 Å². The Kier molecular flexibility index (Phi) is 4.02. The maximum atomic E-state index is 12.0. The summed E-state index contributed by atoms with van der Waals surface area (Å²) < 4.78 is 0. The lowest BCUT2D eigenvalue weighted by atomic mass is 10.1. The quantitative estimate of drug-likeness (QED) is 0.680. The highest BCUT2D eigenvalue weighted by molar-refractivity contribution is 6.30. The molecule has 4 heteroatoms. The van der Waals surface area contributed by atoms with Crippen LogP contribution in [0, 0.1) is 5.92 Å². The summed E-state index contributed by atoms with van der Waals surface area (Å²) >= 11 is 5.81. The lowest BCUT2D eigenvalue weighted by Crippen LogP contribution is -2.20. The molecule has 2 aromatic rings. The highest BCUT2D eigenvalue weighted by Crippen LogP contribution is 2.47. The van der Waals surface area contributed by atoms with Crippen molar-refractivity contribution in [2.75, 3.05) is 0 Å². The van der Waals surface area contributed by atoms with Crippen molar-refractivity contribution in [3.05, 3.63) is 70.7 Å². The van der Waals surface area contributed by atoms with Crippen molar-refractivity contribution in [3.8, 4) is 0 Å². The summed E-state index contributed by atoms with van der Waals surface area (Å²) in [6.45, 7) is 0. The predicted octanol–water partition coefficient (Wildman–Crippen LogP) is 3.59. The molecule has 1 saturated carbocycles. The van der Waals surface area contributed by atoms with Gasteiger partial charge in [0.25, 0.3) is 0 Å². The smallest absolute Gasteiger partial charge is 0.243 e. The molecule has 3 rings (SSSR count). The van der Waals surface area contributed by atoms with Crippen LogP contribution in [-0.4, -0.2) is 12.1 Å². The summed E-state index contributed by atoms with van der Waals surface area (Å²) in [7, 11) is 0. The van der Waals surface area contributed by atoms with E-state index in [4.69, 9.17) is 11.6 Å². The molecule has 106 valence electrons. The second-order valence-electron chi connectivity index (χ2n) is 5.15. The average Bonchev–Trinajstić information content (AvgIpc) is 3.31. The Balaban J connectivity index is 1.53. The third-order valence-electron chi connectivity index (χ3n) is 3.61. The molecule has 1 aliphatic rings. The molecule has 2 atom stereocenters. The Bertz CT molecular complexity index is 652. The number of hydrogen-bond donors (Lipinski definition) is 1. The lowest BCUT2D eigenvalue weighted by molar-refractivity contribution is -0.122. The van der Waals surface area contributed by atoms with Crippen molar-refractivity contribution in [2.24, 2.45) is 11.0 Å². The van der Waals surface area contributed by atoms with E-state index in [1.165, 1.54) is 5.56 Å². The lowest BCUT2D eigenvalue weighted by Gasteiger charge is -2.00.